The van der Waals surface area contributed by atoms with E-state index in [-0.39, 0.29) is 11.8 Å². The van der Waals surface area contributed by atoms with Crippen LogP contribution in [0.1, 0.15) is 22.8 Å². The topological polar surface area (TPSA) is 47.6 Å². The second-order valence-electron chi connectivity index (χ2n) is 6.14. The summed E-state index contributed by atoms with van der Waals surface area (Å²) in [6.07, 6.45) is 0.394. The number of ether oxygens (including phenoxy) is 2. The highest BCUT2D eigenvalue weighted by molar-refractivity contribution is 7.11. The van der Waals surface area contributed by atoms with E-state index in [1.54, 1.807) is 25.6 Å². The first-order chi connectivity index (χ1) is 12.7. The summed E-state index contributed by atoms with van der Waals surface area (Å²) in [7, 11) is 3.26. The van der Waals surface area contributed by atoms with Crippen LogP contribution in [-0.4, -0.2) is 20.1 Å². The molecule has 0 spiro atoms. The zero-order valence-electron chi connectivity index (χ0n) is 14.6. The van der Waals surface area contributed by atoms with Gasteiger partial charge < -0.3 is 14.8 Å². The van der Waals surface area contributed by atoms with Crippen LogP contribution in [0.25, 0.3) is 11.1 Å². The van der Waals surface area contributed by atoms with Gasteiger partial charge in [-0.25, -0.2) is 0 Å². The van der Waals surface area contributed by atoms with Gasteiger partial charge in [-0.2, -0.15) is 0 Å². The number of para-hydroxylation sites is 1. The SMILES string of the molecule is COc1cccc([C@H]2CC(=O)Nc3c(-c4ccccc4)csc32)c1OC. The molecule has 4 rings (SSSR count). The van der Waals surface area contributed by atoms with E-state index < -0.39 is 0 Å². The van der Waals surface area contributed by atoms with E-state index in [1.807, 2.05) is 36.4 Å². The van der Waals surface area contributed by atoms with Gasteiger partial charge in [-0.15, -0.1) is 11.3 Å². The number of carbonyl (C=O) groups is 1. The summed E-state index contributed by atoms with van der Waals surface area (Å²) < 4.78 is 11.0. The number of hydrogen-bond acceptors (Lipinski definition) is 4. The van der Waals surface area contributed by atoms with Crippen LogP contribution < -0.4 is 14.8 Å². The number of fused-ring (bicyclic) bond motifs is 1. The predicted octanol–water partition coefficient (Wildman–Crippen LogP) is 4.91. The van der Waals surface area contributed by atoms with E-state index in [4.69, 9.17) is 9.47 Å². The van der Waals surface area contributed by atoms with Crippen LogP contribution in [0.3, 0.4) is 0 Å². The quantitative estimate of drug-likeness (QED) is 0.715. The molecule has 0 saturated carbocycles. The maximum atomic E-state index is 12.5. The highest BCUT2D eigenvalue weighted by Gasteiger charge is 2.32. The average Bonchev–Trinajstić information content (AvgIpc) is 3.11. The molecule has 1 aliphatic heterocycles. The molecule has 1 aliphatic rings. The van der Waals surface area contributed by atoms with E-state index in [0.717, 1.165) is 27.3 Å². The molecule has 2 heterocycles. The molecular formula is C21H19NO3S. The molecule has 1 amide bonds. The lowest BCUT2D eigenvalue weighted by molar-refractivity contribution is -0.116. The molecule has 1 N–H and O–H groups in total. The van der Waals surface area contributed by atoms with Gasteiger partial charge in [0, 0.05) is 33.7 Å². The molecule has 1 atom stereocenters. The van der Waals surface area contributed by atoms with Crippen molar-refractivity contribution in [1.29, 1.82) is 0 Å². The van der Waals surface area contributed by atoms with Crippen LogP contribution in [0.15, 0.2) is 53.9 Å². The number of rotatable bonds is 4. The maximum absolute atomic E-state index is 12.5. The molecule has 0 aliphatic carbocycles. The minimum Gasteiger partial charge on any atom is -0.493 e. The fourth-order valence-corrected chi connectivity index (χ4v) is 4.65. The van der Waals surface area contributed by atoms with E-state index >= 15 is 0 Å². The molecule has 5 heteroatoms. The summed E-state index contributed by atoms with van der Waals surface area (Å²) in [5.41, 5.74) is 4.05. The van der Waals surface area contributed by atoms with Gasteiger partial charge in [-0.1, -0.05) is 42.5 Å². The summed E-state index contributed by atoms with van der Waals surface area (Å²) in [4.78, 5) is 13.6. The van der Waals surface area contributed by atoms with Gasteiger partial charge >= 0.3 is 0 Å². The van der Waals surface area contributed by atoms with E-state index in [9.17, 15) is 4.79 Å². The first kappa shape index (κ1) is 16.7. The fraction of sp³-hybridized carbons (Fsp3) is 0.190. The molecule has 3 aromatic rings. The third-order valence-electron chi connectivity index (χ3n) is 4.68. The number of hydrogen-bond donors (Lipinski definition) is 1. The van der Waals surface area contributed by atoms with Crippen LogP contribution in [0, 0.1) is 0 Å². The second kappa shape index (κ2) is 6.84. The monoisotopic (exact) mass is 365 g/mol. The van der Waals surface area contributed by atoms with Crippen molar-refractivity contribution in [2.24, 2.45) is 0 Å². The average molecular weight is 365 g/mol. The van der Waals surface area contributed by atoms with Crippen LogP contribution in [0.5, 0.6) is 11.5 Å². The van der Waals surface area contributed by atoms with Gasteiger partial charge in [0.2, 0.25) is 5.91 Å². The maximum Gasteiger partial charge on any atom is 0.225 e. The molecule has 26 heavy (non-hydrogen) atoms. The first-order valence-electron chi connectivity index (χ1n) is 8.40. The number of benzene rings is 2. The minimum atomic E-state index is -0.0498. The molecule has 0 bridgehead atoms. The Morgan fingerprint density at radius 1 is 1.04 bits per heavy atom. The standard InChI is InChI=1S/C21H19NO3S/c1-24-17-10-6-9-14(20(17)25-2)15-11-18(23)22-19-16(12-26-21(15)19)13-7-4-3-5-8-13/h3-10,12,15H,11H2,1-2H3,(H,22,23)/t15-/m1/s1. The number of thiophene rings is 1. The third-order valence-corrected chi connectivity index (χ3v) is 5.78. The van der Waals surface area contributed by atoms with Gasteiger partial charge in [0.25, 0.3) is 0 Å². The Morgan fingerprint density at radius 2 is 1.85 bits per heavy atom. The van der Waals surface area contributed by atoms with E-state index in [1.165, 1.54) is 0 Å². The van der Waals surface area contributed by atoms with Gasteiger partial charge in [-0.3, -0.25) is 4.79 Å². The highest BCUT2D eigenvalue weighted by Crippen LogP contribution is 2.49. The van der Waals surface area contributed by atoms with Crippen molar-refractivity contribution >= 4 is 22.9 Å². The highest BCUT2D eigenvalue weighted by atomic mass is 32.1. The Bertz CT molecular complexity index is 949. The van der Waals surface area contributed by atoms with Crippen molar-refractivity contribution in [3.63, 3.8) is 0 Å². The van der Waals surface area contributed by atoms with E-state index in [0.29, 0.717) is 17.9 Å². The Morgan fingerprint density at radius 3 is 2.58 bits per heavy atom. The summed E-state index contributed by atoms with van der Waals surface area (Å²) in [6, 6.07) is 15.9. The predicted molar refractivity (Wildman–Crippen MR) is 104 cm³/mol. The molecule has 0 unspecified atom stereocenters. The lowest BCUT2D eigenvalue weighted by Gasteiger charge is -2.25. The van der Waals surface area contributed by atoms with E-state index in [2.05, 4.69) is 22.8 Å². The molecule has 1 aromatic heterocycles. The lowest BCUT2D eigenvalue weighted by Crippen LogP contribution is -2.22. The number of nitrogens with one attached hydrogen (secondary N) is 1. The number of amides is 1. The van der Waals surface area contributed by atoms with Crippen molar-refractivity contribution in [3.8, 4) is 22.6 Å². The van der Waals surface area contributed by atoms with Crippen molar-refractivity contribution < 1.29 is 14.3 Å². The van der Waals surface area contributed by atoms with Crippen LogP contribution in [0.2, 0.25) is 0 Å². The summed E-state index contributed by atoms with van der Waals surface area (Å²) >= 11 is 1.67. The normalized spacial score (nSPS) is 15.9. The molecule has 2 aromatic carbocycles. The molecule has 0 radical (unpaired) electrons. The summed E-state index contributed by atoms with van der Waals surface area (Å²) in [5, 5.41) is 5.19. The molecule has 132 valence electrons. The van der Waals surface area contributed by atoms with Crippen LogP contribution in [0.4, 0.5) is 5.69 Å². The zero-order chi connectivity index (χ0) is 18.1. The van der Waals surface area contributed by atoms with Crippen molar-refractivity contribution in [3.05, 3.63) is 64.4 Å². The smallest absolute Gasteiger partial charge is 0.225 e. The largest absolute Gasteiger partial charge is 0.493 e. The Kier molecular flexibility index (Phi) is 4.39. The van der Waals surface area contributed by atoms with Crippen LogP contribution in [-0.2, 0) is 4.79 Å². The second-order valence-corrected chi connectivity index (χ2v) is 7.05. The fourth-order valence-electron chi connectivity index (χ4n) is 3.49. The summed E-state index contributed by atoms with van der Waals surface area (Å²) in [5.74, 6) is 1.34. The first-order valence-corrected chi connectivity index (χ1v) is 9.28. The Hall–Kier alpha value is -2.79. The third kappa shape index (κ3) is 2.74. The Balaban J connectivity index is 1.85. The molecule has 0 saturated heterocycles. The van der Waals surface area contributed by atoms with Gasteiger partial charge in [0.1, 0.15) is 0 Å². The minimum absolute atomic E-state index is 0.0166. The molecule has 4 nitrogen and oxygen atoms in total. The number of carbonyl (C=O) groups excluding carboxylic acids is 1. The number of anilines is 1. The van der Waals surface area contributed by atoms with Crippen molar-refractivity contribution in [2.45, 2.75) is 12.3 Å². The van der Waals surface area contributed by atoms with Crippen molar-refractivity contribution in [2.75, 3.05) is 19.5 Å². The van der Waals surface area contributed by atoms with Crippen LogP contribution >= 0.6 is 11.3 Å². The number of methoxy groups -OCH3 is 2. The van der Waals surface area contributed by atoms with Gasteiger partial charge in [0.05, 0.1) is 19.9 Å². The van der Waals surface area contributed by atoms with Gasteiger partial charge in [-0.05, 0) is 11.6 Å². The molecule has 0 fully saturated rings. The Labute approximate surface area is 156 Å². The lowest BCUT2D eigenvalue weighted by atomic mass is 9.88. The summed E-state index contributed by atoms with van der Waals surface area (Å²) in [6.45, 7) is 0. The van der Waals surface area contributed by atoms with Crippen molar-refractivity contribution in [1.82, 2.24) is 0 Å². The zero-order valence-corrected chi connectivity index (χ0v) is 15.4. The molecular weight excluding hydrogens is 346 g/mol. The van der Waals surface area contributed by atoms with Gasteiger partial charge in [0.15, 0.2) is 11.5 Å².